The summed E-state index contributed by atoms with van der Waals surface area (Å²) in [5.74, 6) is -2.12. The minimum absolute atomic E-state index is 0.109. The van der Waals surface area contributed by atoms with Crippen LogP contribution in [0.4, 0.5) is 9.59 Å². The Morgan fingerprint density at radius 1 is 1.03 bits per heavy atom. The number of hydrogen-bond acceptors (Lipinski definition) is 5. The molecule has 8 nitrogen and oxygen atoms in total. The summed E-state index contributed by atoms with van der Waals surface area (Å²) < 4.78 is 10.9. The summed E-state index contributed by atoms with van der Waals surface area (Å²) in [5, 5.41) is 12.3. The molecular weight excluding hydrogens is 436 g/mol. The van der Waals surface area contributed by atoms with Crippen molar-refractivity contribution >= 4 is 18.2 Å². The number of fused-ring (bicyclic) bond motifs is 3. The van der Waals surface area contributed by atoms with Gasteiger partial charge in [0.15, 0.2) is 0 Å². The summed E-state index contributed by atoms with van der Waals surface area (Å²) in [7, 11) is 0. The predicted molar refractivity (Wildman–Crippen MR) is 125 cm³/mol. The lowest BCUT2D eigenvalue weighted by Crippen LogP contribution is -2.59. The lowest BCUT2D eigenvalue weighted by atomic mass is 9.94. The van der Waals surface area contributed by atoms with Gasteiger partial charge < -0.3 is 19.9 Å². The van der Waals surface area contributed by atoms with E-state index in [0.29, 0.717) is 25.8 Å². The average Bonchev–Trinajstić information content (AvgIpc) is 3.16. The average molecular weight is 467 g/mol. The van der Waals surface area contributed by atoms with E-state index in [9.17, 15) is 19.5 Å². The molecule has 1 saturated heterocycles. The first-order valence-electron chi connectivity index (χ1n) is 11.8. The van der Waals surface area contributed by atoms with Gasteiger partial charge in [-0.15, -0.1) is 0 Å². The maximum atomic E-state index is 13.1. The molecule has 2 aromatic carbocycles. The van der Waals surface area contributed by atoms with E-state index in [-0.39, 0.29) is 19.1 Å². The Bertz CT molecular complexity index is 1010. The van der Waals surface area contributed by atoms with Crippen LogP contribution in [0.3, 0.4) is 0 Å². The summed E-state index contributed by atoms with van der Waals surface area (Å²) in [6, 6.07) is 16.1. The molecule has 1 aliphatic heterocycles. The number of nitrogens with one attached hydrogen (secondary N) is 1. The smallest absolute Gasteiger partial charge is 0.411 e. The van der Waals surface area contributed by atoms with Gasteiger partial charge in [0.1, 0.15) is 12.8 Å². The fraction of sp³-hybridized carbons (Fsp3) is 0.423. The van der Waals surface area contributed by atoms with E-state index in [1.807, 2.05) is 43.3 Å². The zero-order chi connectivity index (χ0) is 24.1. The van der Waals surface area contributed by atoms with E-state index in [1.54, 1.807) is 0 Å². The zero-order valence-electron chi connectivity index (χ0n) is 19.2. The number of carbonyl (C=O) groups excluding carboxylic acids is 2. The molecule has 2 amide bonds. The zero-order valence-corrected chi connectivity index (χ0v) is 19.2. The van der Waals surface area contributed by atoms with E-state index in [4.69, 9.17) is 9.47 Å². The minimum atomic E-state index is -1.07. The van der Waals surface area contributed by atoms with Crippen LogP contribution in [0.2, 0.25) is 0 Å². The van der Waals surface area contributed by atoms with Crippen LogP contribution in [0.1, 0.15) is 49.7 Å². The van der Waals surface area contributed by atoms with Crippen LogP contribution in [-0.2, 0) is 14.3 Å². The second-order valence-corrected chi connectivity index (χ2v) is 8.66. The monoisotopic (exact) mass is 466 g/mol. The van der Waals surface area contributed by atoms with Crippen molar-refractivity contribution in [2.45, 2.75) is 44.7 Å². The SMILES string of the molecule is CCCCOC(=O)NC1C(C(=O)O)CCCN1C(=O)OCC1c2ccccc2-c2ccccc21. The number of unbranched alkanes of at least 4 members (excludes halogenated alkanes) is 1. The highest BCUT2D eigenvalue weighted by Crippen LogP contribution is 2.44. The number of alkyl carbamates (subject to hydrolysis) is 1. The number of ether oxygens (including phenoxy) is 2. The number of piperidine rings is 1. The molecule has 34 heavy (non-hydrogen) atoms. The van der Waals surface area contributed by atoms with Crippen LogP contribution < -0.4 is 5.32 Å². The van der Waals surface area contributed by atoms with Gasteiger partial charge in [0.05, 0.1) is 12.5 Å². The molecule has 2 unspecified atom stereocenters. The molecule has 2 N–H and O–H groups in total. The van der Waals surface area contributed by atoms with Crippen LogP contribution >= 0.6 is 0 Å². The maximum absolute atomic E-state index is 13.1. The second kappa shape index (κ2) is 10.6. The van der Waals surface area contributed by atoms with Crippen molar-refractivity contribution in [3.05, 3.63) is 59.7 Å². The van der Waals surface area contributed by atoms with Gasteiger partial charge in [-0.05, 0) is 41.5 Å². The van der Waals surface area contributed by atoms with Crippen molar-refractivity contribution in [1.29, 1.82) is 0 Å². The Hall–Kier alpha value is -3.55. The number of benzene rings is 2. The molecule has 180 valence electrons. The number of amides is 2. The number of carboxylic acid groups (broad SMARTS) is 1. The highest BCUT2D eigenvalue weighted by Gasteiger charge is 2.41. The molecule has 2 atom stereocenters. The largest absolute Gasteiger partial charge is 0.481 e. The number of carbonyl (C=O) groups is 3. The minimum Gasteiger partial charge on any atom is -0.481 e. The third kappa shape index (κ3) is 4.85. The lowest BCUT2D eigenvalue weighted by molar-refractivity contribution is -0.146. The van der Waals surface area contributed by atoms with Gasteiger partial charge >= 0.3 is 18.2 Å². The Balaban J connectivity index is 1.47. The van der Waals surface area contributed by atoms with E-state index < -0.39 is 30.2 Å². The first kappa shape index (κ1) is 23.6. The van der Waals surface area contributed by atoms with Crippen molar-refractivity contribution in [3.8, 4) is 11.1 Å². The first-order valence-corrected chi connectivity index (χ1v) is 11.8. The quantitative estimate of drug-likeness (QED) is 0.579. The molecule has 0 radical (unpaired) electrons. The van der Waals surface area contributed by atoms with Crippen molar-refractivity contribution in [2.24, 2.45) is 5.92 Å². The number of nitrogens with zero attached hydrogens (tertiary/aromatic N) is 1. The van der Waals surface area contributed by atoms with Crippen molar-refractivity contribution in [2.75, 3.05) is 19.8 Å². The highest BCUT2D eigenvalue weighted by molar-refractivity contribution is 5.79. The molecule has 0 spiro atoms. The van der Waals surface area contributed by atoms with Crippen molar-refractivity contribution in [3.63, 3.8) is 0 Å². The van der Waals surface area contributed by atoms with Crippen LogP contribution in [0.25, 0.3) is 11.1 Å². The lowest BCUT2D eigenvalue weighted by Gasteiger charge is -2.38. The topological polar surface area (TPSA) is 105 Å². The Morgan fingerprint density at radius 2 is 1.68 bits per heavy atom. The van der Waals surface area contributed by atoms with Crippen LogP contribution in [0.15, 0.2) is 48.5 Å². The molecule has 0 aromatic heterocycles. The van der Waals surface area contributed by atoms with Crippen LogP contribution in [-0.4, -0.2) is 54.1 Å². The molecule has 0 bridgehead atoms. The van der Waals surface area contributed by atoms with Gasteiger partial charge in [-0.2, -0.15) is 0 Å². The highest BCUT2D eigenvalue weighted by atomic mass is 16.6. The fourth-order valence-electron chi connectivity index (χ4n) is 4.79. The maximum Gasteiger partial charge on any atom is 0.411 e. The van der Waals surface area contributed by atoms with Gasteiger partial charge in [-0.25, -0.2) is 9.59 Å². The van der Waals surface area contributed by atoms with Gasteiger partial charge in [0.25, 0.3) is 0 Å². The molecule has 1 heterocycles. The van der Waals surface area contributed by atoms with E-state index in [2.05, 4.69) is 17.4 Å². The third-order valence-corrected chi connectivity index (χ3v) is 6.52. The second-order valence-electron chi connectivity index (χ2n) is 8.66. The summed E-state index contributed by atoms with van der Waals surface area (Å²) in [5.41, 5.74) is 4.43. The predicted octanol–water partition coefficient (Wildman–Crippen LogP) is 4.58. The molecule has 1 fully saturated rings. The van der Waals surface area contributed by atoms with Gasteiger partial charge in [0, 0.05) is 12.5 Å². The Kier molecular flexibility index (Phi) is 7.35. The fourth-order valence-corrected chi connectivity index (χ4v) is 4.79. The normalized spacial score (nSPS) is 19.1. The summed E-state index contributed by atoms with van der Waals surface area (Å²) in [6.07, 6.45) is 0.00878. The standard InChI is InChI=1S/C26H30N2O6/c1-2-3-15-33-25(31)27-23-21(24(29)30)13-8-14-28(23)26(32)34-16-22-19-11-6-4-9-17(19)18-10-5-7-12-20(18)22/h4-7,9-12,21-23H,2-3,8,13-16H2,1H3,(H,27,31)(H,29,30). The van der Waals surface area contributed by atoms with Gasteiger partial charge in [-0.1, -0.05) is 61.9 Å². The number of rotatable bonds is 7. The third-order valence-electron chi connectivity index (χ3n) is 6.52. The molecule has 2 aromatic rings. The van der Waals surface area contributed by atoms with Crippen molar-refractivity contribution < 1.29 is 29.0 Å². The number of likely N-dealkylation sites (tertiary alicyclic amines) is 1. The summed E-state index contributed by atoms with van der Waals surface area (Å²) in [6.45, 7) is 2.62. The number of aliphatic carboxylic acids is 1. The molecule has 4 rings (SSSR count). The number of carboxylic acids is 1. The van der Waals surface area contributed by atoms with Crippen molar-refractivity contribution in [1.82, 2.24) is 10.2 Å². The molecule has 8 heteroatoms. The van der Waals surface area contributed by atoms with Crippen LogP contribution in [0.5, 0.6) is 0 Å². The van der Waals surface area contributed by atoms with E-state index in [0.717, 1.165) is 28.7 Å². The first-order chi connectivity index (χ1) is 16.5. The molecule has 1 aliphatic carbocycles. The summed E-state index contributed by atoms with van der Waals surface area (Å²) >= 11 is 0. The van der Waals surface area contributed by atoms with Crippen LogP contribution in [0, 0.1) is 5.92 Å². The molecule has 0 saturated carbocycles. The Morgan fingerprint density at radius 3 is 2.29 bits per heavy atom. The molecule has 2 aliphatic rings. The van der Waals surface area contributed by atoms with Gasteiger partial charge in [0.2, 0.25) is 0 Å². The number of hydrogen-bond donors (Lipinski definition) is 2. The van der Waals surface area contributed by atoms with Gasteiger partial charge in [-0.3, -0.25) is 9.69 Å². The molecular formula is C26H30N2O6. The summed E-state index contributed by atoms with van der Waals surface area (Å²) in [4.78, 5) is 38.5. The van der Waals surface area contributed by atoms with E-state index >= 15 is 0 Å². The van der Waals surface area contributed by atoms with E-state index in [1.165, 1.54) is 4.90 Å². The Labute approximate surface area is 198 Å².